The summed E-state index contributed by atoms with van der Waals surface area (Å²) >= 11 is 0. The van der Waals surface area contributed by atoms with E-state index in [0.29, 0.717) is 5.92 Å². The van der Waals surface area contributed by atoms with Crippen molar-refractivity contribution in [2.75, 3.05) is 25.1 Å². The van der Waals surface area contributed by atoms with E-state index in [9.17, 15) is 0 Å². The fourth-order valence-corrected chi connectivity index (χ4v) is 1.74. The summed E-state index contributed by atoms with van der Waals surface area (Å²) in [5.41, 5.74) is 0. The molecule has 4 heteroatoms. The lowest BCUT2D eigenvalue weighted by Crippen LogP contribution is -2.16. The first-order valence-electron chi connectivity index (χ1n) is 5.34. The fraction of sp³-hybridized carbons (Fsp3) is 0.545. The minimum absolute atomic E-state index is 0.624. The predicted octanol–water partition coefficient (Wildman–Crippen LogP) is 1.52. The smallest absolute Gasteiger partial charge is 0.203 e. The third-order valence-corrected chi connectivity index (χ3v) is 2.61. The molecule has 1 N–H and O–H groups in total. The molecule has 82 valence electrons. The van der Waals surface area contributed by atoms with E-state index in [1.165, 1.54) is 0 Å². The Hall–Kier alpha value is -1.29. The molecule has 15 heavy (non-hydrogen) atoms. The van der Waals surface area contributed by atoms with Crippen LogP contribution in [-0.4, -0.2) is 29.3 Å². The van der Waals surface area contributed by atoms with Crippen LogP contribution < -0.4 is 5.32 Å². The topological polar surface area (TPSA) is 39.1 Å². The van der Waals surface area contributed by atoms with Crippen molar-refractivity contribution in [3.8, 4) is 0 Å². The van der Waals surface area contributed by atoms with Gasteiger partial charge in [-0.25, -0.2) is 4.98 Å². The van der Waals surface area contributed by atoms with E-state index in [1.54, 1.807) is 6.20 Å². The van der Waals surface area contributed by atoms with Gasteiger partial charge in [0.1, 0.15) is 0 Å². The number of nitrogens with zero attached hydrogens (tertiary/aromatic N) is 2. The Kier molecular flexibility index (Phi) is 3.40. The standard InChI is InChI=1S/C11H17N3O/c1-2-5-14-6-4-12-11(14)13-8-10-3-7-15-9-10/h2,4,6,10H,1,3,5,7-9H2,(H,12,13). The van der Waals surface area contributed by atoms with E-state index in [2.05, 4.69) is 16.9 Å². The first kappa shape index (κ1) is 10.2. The van der Waals surface area contributed by atoms with E-state index >= 15 is 0 Å². The van der Waals surface area contributed by atoms with Gasteiger partial charge in [-0.3, -0.25) is 0 Å². The second kappa shape index (κ2) is 4.98. The molecule has 2 heterocycles. The van der Waals surface area contributed by atoms with Gasteiger partial charge in [0.15, 0.2) is 0 Å². The molecule has 1 unspecified atom stereocenters. The zero-order chi connectivity index (χ0) is 10.5. The first-order valence-corrected chi connectivity index (χ1v) is 5.34. The monoisotopic (exact) mass is 207 g/mol. The van der Waals surface area contributed by atoms with Gasteiger partial charge in [-0.05, 0) is 6.42 Å². The van der Waals surface area contributed by atoms with Crippen LogP contribution in [0.2, 0.25) is 0 Å². The van der Waals surface area contributed by atoms with Crippen LogP contribution in [0.15, 0.2) is 25.0 Å². The molecule has 0 spiro atoms. The van der Waals surface area contributed by atoms with Crippen molar-refractivity contribution >= 4 is 5.95 Å². The molecule has 1 aromatic heterocycles. The molecular formula is C11H17N3O. The van der Waals surface area contributed by atoms with Gasteiger partial charge in [-0.15, -0.1) is 6.58 Å². The summed E-state index contributed by atoms with van der Waals surface area (Å²) in [6.45, 7) is 7.22. The maximum Gasteiger partial charge on any atom is 0.203 e. The molecular weight excluding hydrogens is 190 g/mol. The molecule has 1 aliphatic heterocycles. The summed E-state index contributed by atoms with van der Waals surface area (Å²) in [6, 6.07) is 0. The maximum atomic E-state index is 5.32. The molecule has 1 atom stereocenters. The van der Waals surface area contributed by atoms with Gasteiger partial charge in [0, 0.05) is 38.0 Å². The van der Waals surface area contributed by atoms with Gasteiger partial charge < -0.3 is 14.6 Å². The number of anilines is 1. The van der Waals surface area contributed by atoms with Crippen LogP contribution in [0.5, 0.6) is 0 Å². The molecule has 0 saturated carbocycles. The summed E-state index contributed by atoms with van der Waals surface area (Å²) in [6.07, 6.45) is 6.77. The number of ether oxygens (including phenoxy) is 1. The quantitative estimate of drug-likeness (QED) is 0.744. The summed E-state index contributed by atoms with van der Waals surface area (Å²) in [5.74, 6) is 1.54. The number of hydrogen-bond acceptors (Lipinski definition) is 3. The van der Waals surface area contributed by atoms with Gasteiger partial charge in [-0.2, -0.15) is 0 Å². The number of hydrogen-bond donors (Lipinski definition) is 1. The zero-order valence-electron chi connectivity index (χ0n) is 8.85. The second-order valence-electron chi connectivity index (χ2n) is 3.80. The molecule has 1 aliphatic rings. The number of aromatic nitrogens is 2. The summed E-state index contributed by atoms with van der Waals surface area (Å²) in [5, 5.41) is 3.34. The molecule has 0 bridgehead atoms. The van der Waals surface area contributed by atoms with Crippen LogP contribution in [-0.2, 0) is 11.3 Å². The lowest BCUT2D eigenvalue weighted by Gasteiger charge is -2.11. The predicted molar refractivity (Wildman–Crippen MR) is 59.8 cm³/mol. The number of rotatable bonds is 5. The van der Waals surface area contributed by atoms with Gasteiger partial charge in [0.2, 0.25) is 5.95 Å². The summed E-state index contributed by atoms with van der Waals surface area (Å²) < 4.78 is 7.37. The van der Waals surface area contributed by atoms with Gasteiger partial charge in [-0.1, -0.05) is 6.08 Å². The Balaban J connectivity index is 1.86. The Bertz CT molecular complexity index is 315. The second-order valence-corrected chi connectivity index (χ2v) is 3.80. The highest BCUT2D eigenvalue weighted by atomic mass is 16.5. The Morgan fingerprint density at radius 3 is 3.40 bits per heavy atom. The SMILES string of the molecule is C=CCn1ccnc1NCC1CCOC1. The number of allylic oxidation sites excluding steroid dienone is 1. The highest BCUT2D eigenvalue weighted by Crippen LogP contribution is 2.13. The van der Waals surface area contributed by atoms with Gasteiger partial charge >= 0.3 is 0 Å². The van der Waals surface area contributed by atoms with Crippen molar-refractivity contribution in [2.24, 2.45) is 5.92 Å². The number of nitrogens with one attached hydrogen (secondary N) is 1. The van der Waals surface area contributed by atoms with Crippen molar-refractivity contribution in [3.05, 3.63) is 25.0 Å². The molecule has 0 aromatic carbocycles. The van der Waals surface area contributed by atoms with Crippen LogP contribution in [0.25, 0.3) is 0 Å². The molecule has 2 rings (SSSR count). The van der Waals surface area contributed by atoms with Crippen LogP contribution in [0.1, 0.15) is 6.42 Å². The molecule has 1 aromatic rings. The van der Waals surface area contributed by atoms with E-state index in [-0.39, 0.29) is 0 Å². The van der Waals surface area contributed by atoms with Crippen molar-refractivity contribution < 1.29 is 4.74 Å². The van der Waals surface area contributed by atoms with E-state index < -0.39 is 0 Å². The fourth-order valence-electron chi connectivity index (χ4n) is 1.74. The Labute approximate surface area is 90.0 Å². The highest BCUT2D eigenvalue weighted by Gasteiger charge is 2.15. The Morgan fingerprint density at radius 1 is 1.73 bits per heavy atom. The van der Waals surface area contributed by atoms with Crippen molar-refractivity contribution in [2.45, 2.75) is 13.0 Å². The highest BCUT2D eigenvalue weighted by molar-refractivity contribution is 5.26. The summed E-state index contributed by atoms with van der Waals surface area (Å²) in [4.78, 5) is 4.26. The first-order chi connectivity index (χ1) is 7.40. The van der Waals surface area contributed by atoms with Crippen molar-refractivity contribution in [3.63, 3.8) is 0 Å². The van der Waals surface area contributed by atoms with Crippen LogP contribution in [0.4, 0.5) is 5.95 Å². The molecule has 1 saturated heterocycles. The molecule has 0 aliphatic carbocycles. The van der Waals surface area contributed by atoms with E-state index in [0.717, 1.165) is 38.7 Å². The lowest BCUT2D eigenvalue weighted by atomic mass is 10.1. The third kappa shape index (κ3) is 2.59. The molecule has 0 amide bonds. The van der Waals surface area contributed by atoms with Crippen molar-refractivity contribution in [1.29, 1.82) is 0 Å². The molecule has 0 radical (unpaired) electrons. The van der Waals surface area contributed by atoms with E-state index in [4.69, 9.17) is 4.74 Å². The zero-order valence-corrected chi connectivity index (χ0v) is 8.85. The average molecular weight is 207 g/mol. The largest absolute Gasteiger partial charge is 0.381 e. The van der Waals surface area contributed by atoms with Crippen LogP contribution >= 0.6 is 0 Å². The molecule has 1 fully saturated rings. The van der Waals surface area contributed by atoms with Crippen LogP contribution in [0.3, 0.4) is 0 Å². The van der Waals surface area contributed by atoms with Crippen LogP contribution in [0, 0.1) is 5.92 Å². The average Bonchev–Trinajstić information content (AvgIpc) is 2.85. The lowest BCUT2D eigenvalue weighted by molar-refractivity contribution is 0.187. The normalized spacial score (nSPS) is 20.4. The third-order valence-electron chi connectivity index (χ3n) is 2.61. The van der Waals surface area contributed by atoms with Crippen molar-refractivity contribution in [1.82, 2.24) is 9.55 Å². The minimum atomic E-state index is 0.624. The van der Waals surface area contributed by atoms with E-state index in [1.807, 2.05) is 16.8 Å². The van der Waals surface area contributed by atoms with Gasteiger partial charge in [0.25, 0.3) is 0 Å². The minimum Gasteiger partial charge on any atom is -0.381 e. The van der Waals surface area contributed by atoms with Gasteiger partial charge in [0.05, 0.1) is 6.61 Å². The summed E-state index contributed by atoms with van der Waals surface area (Å²) in [7, 11) is 0. The number of imidazole rings is 1. The Morgan fingerprint density at radius 2 is 2.67 bits per heavy atom. The molecule has 4 nitrogen and oxygen atoms in total. The maximum absolute atomic E-state index is 5.32.